The van der Waals surface area contributed by atoms with Crippen molar-refractivity contribution in [1.29, 1.82) is 0 Å². The Morgan fingerprint density at radius 3 is 2.38 bits per heavy atom. The molecule has 1 aromatic rings. The minimum atomic E-state index is 0.737. The highest BCUT2D eigenvalue weighted by atomic mass is 35.5. The molecule has 5 heteroatoms. The van der Waals surface area contributed by atoms with E-state index >= 15 is 0 Å². The molecule has 0 radical (unpaired) electrons. The van der Waals surface area contributed by atoms with Gasteiger partial charge in [-0.15, -0.1) is 22.9 Å². The van der Waals surface area contributed by atoms with Crippen LogP contribution in [0.4, 0.5) is 0 Å². The summed E-state index contributed by atoms with van der Waals surface area (Å²) >= 11 is 13.3. The fraction of sp³-hybridized carbons (Fsp3) is 0.636. The van der Waals surface area contributed by atoms with Crippen LogP contribution in [-0.4, -0.2) is 48.4 Å². The Morgan fingerprint density at radius 1 is 1.12 bits per heavy atom. The molecule has 0 atom stereocenters. The zero-order valence-corrected chi connectivity index (χ0v) is 11.5. The second-order valence-corrected chi connectivity index (χ2v) is 6.19. The van der Waals surface area contributed by atoms with Crippen LogP contribution < -0.4 is 0 Å². The van der Waals surface area contributed by atoms with Crippen molar-refractivity contribution < 1.29 is 0 Å². The van der Waals surface area contributed by atoms with Gasteiger partial charge in [0, 0.05) is 50.0 Å². The van der Waals surface area contributed by atoms with Crippen LogP contribution >= 0.6 is 34.5 Å². The summed E-state index contributed by atoms with van der Waals surface area (Å²) in [5.74, 6) is 0.737. The first-order valence-corrected chi connectivity index (χ1v) is 7.26. The molecule has 0 bridgehead atoms. The van der Waals surface area contributed by atoms with E-state index in [1.54, 1.807) is 11.3 Å². The van der Waals surface area contributed by atoms with Gasteiger partial charge in [0.1, 0.15) is 0 Å². The Morgan fingerprint density at radius 2 is 1.81 bits per heavy atom. The summed E-state index contributed by atoms with van der Waals surface area (Å²) < 4.78 is 0.885. The Hall–Kier alpha value is 0.200. The highest BCUT2D eigenvalue weighted by molar-refractivity contribution is 7.16. The van der Waals surface area contributed by atoms with Crippen LogP contribution in [-0.2, 0) is 6.54 Å². The summed E-state index contributed by atoms with van der Waals surface area (Å²) in [6.07, 6.45) is 0. The summed E-state index contributed by atoms with van der Waals surface area (Å²) in [6.45, 7) is 6.57. The molecule has 2 heterocycles. The van der Waals surface area contributed by atoms with Gasteiger partial charge in [-0.3, -0.25) is 9.80 Å². The van der Waals surface area contributed by atoms with Crippen LogP contribution in [0.15, 0.2) is 12.1 Å². The SMILES string of the molecule is ClCCN1CCN(Cc2ccc(Cl)s2)CC1. The lowest BCUT2D eigenvalue weighted by Crippen LogP contribution is -2.46. The molecule has 1 aliphatic rings. The number of halogens is 2. The molecule has 2 nitrogen and oxygen atoms in total. The van der Waals surface area contributed by atoms with Crippen molar-refractivity contribution >= 4 is 34.5 Å². The van der Waals surface area contributed by atoms with Gasteiger partial charge >= 0.3 is 0 Å². The average Bonchev–Trinajstić information content (AvgIpc) is 2.67. The third-order valence-electron chi connectivity index (χ3n) is 2.87. The number of nitrogens with zero attached hydrogens (tertiary/aromatic N) is 2. The first kappa shape index (κ1) is 12.7. The summed E-state index contributed by atoms with van der Waals surface area (Å²) in [4.78, 5) is 6.26. The largest absolute Gasteiger partial charge is 0.300 e. The van der Waals surface area contributed by atoms with E-state index in [1.165, 1.54) is 4.88 Å². The monoisotopic (exact) mass is 278 g/mol. The quantitative estimate of drug-likeness (QED) is 0.782. The number of hydrogen-bond donors (Lipinski definition) is 0. The van der Waals surface area contributed by atoms with Gasteiger partial charge < -0.3 is 0 Å². The second kappa shape index (κ2) is 6.22. The maximum Gasteiger partial charge on any atom is 0.0931 e. The Kier molecular flexibility index (Phi) is 4.92. The molecule has 0 N–H and O–H groups in total. The first-order chi connectivity index (χ1) is 7.78. The molecule has 1 fully saturated rings. The molecule has 1 saturated heterocycles. The van der Waals surface area contributed by atoms with E-state index < -0.39 is 0 Å². The fourth-order valence-corrected chi connectivity index (χ4v) is 3.32. The van der Waals surface area contributed by atoms with Gasteiger partial charge in [-0.2, -0.15) is 0 Å². The van der Waals surface area contributed by atoms with Crippen LogP contribution in [0.25, 0.3) is 0 Å². The fourth-order valence-electron chi connectivity index (χ4n) is 1.95. The predicted octanol–water partition coefficient (Wildman–Crippen LogP) is 2.76. The molecule has 0 unspecified atom stereocenters. The number of thiophene rings is 1. The molecule has 90 valence electrons. The first-order valence-electron chi connectivity index (χ1n) is 5.53. The molecule has 1 aromatic heterocycles. The lowest BCUT2D eigenvalue weighted by molar-refractivity contribution is 0.133. The van der Waals surface area contributed by atoms with E-state index in [0.717, 1.165) is 49.5 Å². The lowest BCUT2D eigenvalue weighted by Gasteiger charge is -2.34. The maximum atomic E-state index is 5.92. The third-order valence-corrected chi connectivity index (χ3v) is 4.26. The van der Waals surface area contributed by atoms with E-state index in [-0.39, 0.29) is 0 Å². The summed E-state index contributed by atoms with van der Waals surface area (Å²) in [7, 11) is 0. The smallest absolute Gasteiger partial charge is 0.0931 e. The second-order valence-electron chi connectivity index (χ2n) is 4.01. The van der Waals surface area contributed by atoms with Crippen molar-refractivity contribution in [2.45, 2.75) is 6.54 Å². The summed E-state index contributed by atoms with van der Waals surface area (Å²) in [5, 5.41) is 0. The summed E-state index contributed by atoms with van der Waals surface area (Å²) in [5.41, 5.74) is 0. The van der Waals surface area contributed by atoms with Crippen LogP contribution in [0.1, 0.15) is 4.88 Å². The molecule has 16 heavy (non-hydrogen) atoms. The Balaban J connectivity index is 1.77. The van der Waals surface area contributed by atoms with Crippen molar-refractivity contribution in [3.63, 3.8) is 0 Å². The van der Waals surface area contributed by atoms with Crippen molar-refractivity contribution in [2.75, 3.05) is 38.6 Å². The van der Waals surface area contributed by atoms with E-state index in [0.29, 0.717) is 0 Å². The van der Waals surface area contributed by atoms with Gasteiger partial charge in [-0.25, -0.2) is 0 Å². The van der Waals surface area contributed by atoms with Crippen molar-refractivity contribution in [1.82, 2.24) is 9.80 Å². The van der Waals surface area contributed by atoms with E-state index in [9.17, 15) is 0 Å². The van der Waals surface area contributed by atoms with Gasteiger partial charge in [0.2, 0.25) is 0 Å². The lowest BCUT2D eigenvalue weighted by atomic mass is 10.3. The molecule has 0 aromatic carbocycles. The molecule has 0 aliphatic carbocycles. The zero-order valence-electron chi connectivity index (χ0n) is 9.16. The van der Waals surface area contributed by atoms with Crippen molar-refractivity contribution in [3.8, 4) is 0 Å². The minimum absolute atomic E-state index is 0.737. The minimum Gasteiger partial charge on any atom is -0.300 e. The standard InChI is InChI=1S/C11H16Cl2N2S/c12-3-4-14-5-7-15(8-6-14)9-10-1-2-11(13)16-10/h1-2H,3-9H2. The molecular weight excluding hydrogens is 263 g/mol. The molecule has 1 aliphatic heterocycles. The Bertz CT molecular complexity index is 322. The predicted molar refractivity (Wildman–Crippen MR) is 71.8 cm³/mol. The van der Waals surface area contributed by atoms with Crippen LogP contribution in [0.2, 0.25) is 4.34 Å². The van der Waals surface area contributed by atoms with E-state index in [4.69, 9.17) is 23.2 Å². The zero-order chi connectivity index (χ0) is 11.4. The highest BCUT2D eigenvalue weighted by Gasteiger charge is 2.16. The van der Waals surface area contributed by atoms with Crippen molar-refractivity contribution in [3.05, 3.63) is 21.3 Å². The maximum absolute atomic E-state index is 5.92. The number of hydrogen-bond acceptors (Lipinski definition) is 3. The van der Waals surface area contributed by atoms with E-state index in [2.05, 4.69) is 15.9 Å². The molecule has 0 spiro atoms. The van der Waals surface area contributed by atoms with Gasteiger partial charge in [0.25, 0.3) is 0 Å². The molecule has 0 saturated carbocycles. The molecule has 2 rings (SSSR count). The number of rotatable bonds is 4. The third kappa shape index (κ3) is 3.60. The highest BCUT2D eigenvalue weighted by Crippen LogP contribution is 2.23. The Labute approximate surface area is 111 Å². The van der Waals surface area contributed by atoms with E-state index in [1.807, 2.05) is 6.07 Å². The van der Waals surface area contributed by atoms with Gasteiger partial charge in [0.15, 0.2) is 0 Å². The topological polar surface area (TPSA) is 6.48 Å². The normalized spacial score (nSPS) is 19.1. The van der Waals surface area contributed by atoms with Gasteiger partial charge in [-0.05, 0) is 12.1 Å². The van der Waals surface area contributed by atoms with Gasteiger partial charge in [-0.1, -0.05) is 11.6 Å². The van der Waals surface area contributed by atoms with Crippen LogP contribution in [0.5, 0.6) is 0 Å². The molecular formula is C11H16Cl2N2S. The molecule has 0 amide bonds. The number of piperazine rings is 1. The van der Waals surface area contributed by atoms with Crippen LogP contribution in [0.3, 0.4) is 0 Å². The van der Waals surface area contributed by atoms with Crippen LogP contribution in [0, 0.1) is 0 Å². The average molecular weight is 279 g/mol. The summed E-state index contributed by atoms with van der Waals surface area (Å²) in [6, 6.07) is 4.10. The van der Waals surface area contributed by atoms with Gasteiger partial charge in [0.05, 0.1) is 4.34 Å². The van der Waals surface area contributed by atoms with Crippen molar-refractivity contribution in [2.24, 2.45) is 0 Å². The number of alkyl halides is 1.